The Hall–Kier alpha value is -4.15. The lowest BCUT2D eigenvalue weighted by Crippen LogP contribution is -2.22. The molecule has 1 unspecified atom stereocenters. The maximum absolute atomic E-state index is 6.45. The van der Waals surface area contributed by atoms with Crippen molar-refractivity contribution in [3.8, 4) is 16.9 Å². The highest BCUT2D eigenvalue weighted by Crippen LogP contribution is 2.45. The van der Waals surface area contributed by atoms with E-state index in [-0.39, 0.29) is 6.23 Å². The molecule has 0 saturated carbocycles. The standard InChI is InChI=1S/C34H30N2OS/c1-5-27(24-11-7-6-8-12-24)32-22(2)28-15-10-16-29(33(28)38-32)25-13-9-14-26(20-25)34-36(4)30-18-17-23(21-35-3)19-31(30)37-34/h5-20,34H,3,21H2,1-2,4H3/b27-5-. The Kier molecular flexibility index (Phi) is 6.34. The minimum atomic E-state index is -0.176. The molecule has 0 saturated heterocycles. The summed E-state index contributed by atoms with van der Waals surface area (Å²) < 4.78 is 7.77. The maximum Gasteiger partial charge on any atom is 0.198 e. The zero-order valence-electron chi connectivity index (χ0n) is 21.9. The normalized spacial score (nSPS) is 15.0. The van der Waals surface area contributed by atoms with Gasteiger partial charge in [0.1, 0.15) is 5.75 Å². The van der Waals surface area contributed by atoms with Gasteiger partial charge >= 0.3 is 0 Å². The minimum Gasteiger partial charge on any atom is -0.464 e. The van der Waals surface area contributed by atoms with Gasteiger partial charge < -0.3 is 9.64 Å². The van der Waals surface area contributed by atoms with Crippen LogP contribution in [-0.4, -0.2) is 13.8 Å². The van der Waals surface area contributed by atoms with Gasteiger partial charge in [0.15, 0.2) is 6.23 Å². The van der Waals surface area contributed by atoms with Crippen LogP contribution in [0, 0.1) is 6.92 Å². The Balaban J connectivity index is 1.39. The first-order valence-corrected chi connectivity index (χ1v) is 13.7. The van der Waals surface area contributed by atoms with Crippen LogP contribution in [0.15, 0.2) is 102 Å². The number of rotatable bonds is 6. The summed E-state index contributed by atoms with van der Waals surface area (Å²) in [5.74, 6) is 0.893. The van der Waals surface area contributed by atoms with Gasteiger partial charge in [0.05, 0.1) is 12.2 Å². The Morgan fingerprint density at radius 2 is 1.82 bits per heavy atom. The molecule has 0 fully saturated rings. The van der Waals surface area contributed by atoms with E-state index in [4.69, 9.17) is 4.74 Å². The van der Waals surface area contributed by atoms with Crippen LogP contribution in [-0.2, 0) is 6.54 Å². The van der Waals surface area contributed by atoms with Crippen LogP contribution in [0.1, 0.15) is 40.3 Å². The number of benzene rings is 4. The monoisotopic (exact) mass is 514 g/mol. The predicted molar refractivity (Wildman–Crippen MR) is 163 cm³/mol. The molecule has 0 N–H and O–H groups in total. The molecule has 5 aromatic rings. The molecule has 0 radical (unpaired) electrons. The van der Waals surface area contributed by atoms with Crippen molar-refractivity contribution in [3.63, 3.8) is 0 Å². The van der Waals surface area contributed by atoms with Crippen molar-refractivity contribution in [3.05, 3.63) is 124 Å². The molecule has 38 heavy (non-hydrogen) atoms. The number of ether oxygens (including phenoxy) is 1. The highest BCUT2D eigenvalue weighted by atomic mass is 32.1. The molecule has 0 spiro atoms. The van der Waals surface area contributed by atoms with Crippen LogP contribution >= 0.6 is 11.3 Å². The molecule has 0 aliphatic carbocycles. The smallest absolute Gasteiger partial charge is 0.198 e. The summed E-state index contributed by atoms with van der Waals surface area (Å²) in [4.78, 5) is 7.55. The molecule has 1 aromatic heterocycles. The number of hydrogen-bond donors (Lipinski definition) is 0. The van der Waals surface area contributed by atoms with Crippen molar-refractivity contribution in [2.75, 3.05) is 11.9 Å². The van der Waals surface area contributed by atoms with E-state index >= 15 is 0 Å². The molecule has 0 bridgehead atoms. The summed E-state index contributed by atoms with van der Waals surface area (Å²) >= 11 is 1.88. The van der Waals surface area contributed by atoms with E-state index in [1.807, 2.05) is 11.3 Å². The SMILES string of the molecule is C=NCc1ccc2c(c1)OC(c1cccc(-c3cccc4c(C)c(/C(=C\C)c5ccccc5)sc34)c1)N2C. The fourth-order valence-electron chi connectivity index (χ4n) is 5.42. The number of fused-ring (bicyclic) bond motifs is 2. The number of aliphatic imine (C=N–C) groups is 1. The highest BCUT2D eigenvalue weighted by Gasteiger charge is 2.30. The third kappa shape index (κ3) is 4.11. The predicted octanol–water partition coefficient (Wildman–Crippen LogP) is 9.06. The van der Waals surface area contributed by atoms with E-state index in [0.717, 1.165) is 22.6 Å². The number of aryl methyl sites for hydroxylation is 1. The van der Waals surface area contributed by atoms with Gasteiger partial charge in [0.2, 0.25) is 0 Å². The third-order valence-electron chi connectivity index (χ3n) is 7.35. The molecular weight excluding hydrogens is 484 g/mol. The lowest BCUT2D eigenvalue weighted by atomic mass is 9.98. The molecule has 4 aromatic carbocycles. The fourth-order valence-corrected chi connectivity index (χ4v) is 6.86. The molecule has 1 atom stereocenters. The van der Waals surface area contributed by atoms with Crippen LogP contribution in [0.2, 0.25) is 0 Å². The summed E-state index contributed by atoms with van der Waals surface area (Å²) in [6, 6.07) is 32.4. The van der Waals surface area contributed by atoms with Crippen LogP contribution in [0.25, 0.3) is 26.8 Å². The van der Waals surface area contributed by atoms with Gasteiger partial charge in [-0.3, -0.25) is 4.99 Å². The first kappa shape index (κ1) is 24.2. The molecule has 3 nitrogen and oxygen atoms in total. The van der Waals surface area contributed by atoms with Crippen molar-refractivity contribution in [1.82, 2.24) is 0 Å². The van der Waals surface area contributed by atoms with Gasteiger partial charge in [-0.05, 0) is 77.5 Å². The van der Waals surface area contributed by atoms with Crippen molar-refractivity contribution in [1.29, 1.82) is 0 Å². The van der Waals surface area contributed by atoms with Crippen molar-refractivity contribution in [2.24, 2.45) is 4.99 Å². The summed E-state index contributed by atoms with van der Waals surface area (Å²) in [6.07, 6.45) is 2.05. The maximum atomic E-state index is 6.45. The lowest BCUT2D eigenvalue weighted by molar-refractivity contribution is 0.235. The number of hydrogen-bond acceptors (Lipinski definition) is 4. The second-order valence-electron chi connectivity index (χ2n) is 9.70. The van der Waals surface area contributed by atoms with E-state index < -0.39 is 0 Å². The van der Waals surface area contributed by atoms with Gasteiger partial charge in [0, 0.05) is 22.2 Å². The van der Waals surface area contributed by atoms with E-state index in [9.17, 15) is 0 Å². The molecule has 2 heterocycles. The average Bonchev–Trinajstić information content (AvgIpc) is 3.46. The van der Waals surface area contributed by atoms with Crippen LogP contribution < -0.4 is 9.64 Å². The molecule has 1 aliphatic heterocycles. The number of anilines is 1. The second-order valence-corrected chi connectivity index (χ2v) is 10.7. The largest absolute Gasteiger partial charge is 0.464 e. The zero-order valence-corrected chi connectivity index (χ0v) is 22.8. The third-order valence-corrected chi connectivity index (χ3v) is 8.73. The Bertz CT molecular complexity index is 1680. The summed E-state index contributed by atoms with van der Waals surface area (Å²) in [6.45, 7) is 8.58. The van der Waals surface area contributed by atoms with Crippen LogP contribution in [0.3, 0.4) is 0 Å². The Morgan fingerprint density at radius 1 is 1.00 bits per heavy atom. The van der Waals surface area contributed by atoms with E-state index in [1.165, 1.54) is 42.8 Å². The fraction of sp³-hybridized carbons (Fsp3) is 0.147. The van der Waals surface area contributed by atoms with Gasteiger partial charge in [-0.2, -0.15) is 0 Å². The van der Waals surface area contributed by atoms with Crippen LogP contribution in [0.5, 0.6) is 5.75 Å². The van der Waals surface area contributed by atoms with Gasteiger partial charge in [-0.15, -0.1) is 11.3 Å². The van der Waals surface area contributed by atoms with Gasteiger partial charge in [-0.25, -0.2) is 0 Å². The number of thiophene rings is 1. The molecule has 1 aliphatic rings. The lowest BCUT2D eigenvalue weighted by Gasteiger charge is -2.21. The molecule has 6 rings (SSSR count). The van der Waals surface area contributed by atoms with Crippen LogP contribution in [0.4, 0.5) is 5.69 Å². The second kappa shape index (κ2) is 9.96. The summed E-state index contributed by atoms with van der Waals surface area (Å²) in [5.41, 5.74) is 9.65. The van der Waals surface area contributed by atoms with Gasteiger partial charge in [0.25, 0.3) is 0 Å². The molecular formula is C34H30N2OS. The molecule has 0 amide bonds. The Labute approximate surface area is 228 Å². The van der Waals surface area contributed by atoms with E-state index in [0.29, 0.717) is 6.54 Å². The van der Waals surface area contributed by atoms with E-state index in [1.54, 1.807) is 0 Å². The minimum absolute atomic E-state index is 0.176. The quantitative estimate of drug-likeness (QED) is 0.211. The van der Waals surface area contributed by atoms with Crippen molar-refractivity contribution in [2.45, 2.75) is 26.6 Å². The topological polar surface area (TPSA) is 24.8 Å². The zero-order chi connectivity index (χ0) is 26.2. The summed E-state index contributed by atoms with van der Waals surface area (Å²) in [7, 11) is 2.09. The van der Waals surface area contributed by atoms with Crippen molar-refractivity contribution >= 4 is 39.4 Å². The first-order chi connectivity index (χ1) is 18.6. The highest BCUT2D eigenvalue weighted by molar-refractivity contribution is 7.21. The summed E-state index contributed by atoms with van der Waals surface area (Å²) in [5, 5.41) is 1.31. The number of allylic oxidation sites excluding steroid dienone is 1. The Morgan fingerprint density at radius 3 is 2.61 bits per heavy atom. The molecule has 4 heteroatoms. The molecule has 188 valence electrons. The average molecular weight is 515 g/mol. The number of nitrogens with zero attached hydrogens (tertiary/aromatic N) is 2. The van der Waals surface area contributed by atoms with Crippen molar-refractivity contribution < 1.29 is 4.74 Å². The van der Waals surface area contributed by atoms with E-state index in [2.05, 4.69) is 135 Å². The van der Waals surface area contributed by atoms with Gasteiger partial charge in [-0.1, -0.05) is 78.9 Å². The first-order valence-electron chi connectivity index (χ1n) is 12.9.